The van der Waals surface area contributed by atoms with Gasteiger partial charge in [0.15, 0.2) is 11.6 Å². The van der Waals surface area contributed by atoms with Gasteiger partial charge in [-0.05, 0) is 32.4 Å². The van der Waals surface area contributed by atoms with Gasteiger partial charge in [0, 0.05) is 12.2 Å². The summed E-state index contributed by atoms with van der Waals surface area (Å²) in [5.74, 6) is -1.53. The lowest BCUT2D eigenvalue weighted by Gasteiger charge is -2.28. The van der Waals surface area contributed by atoms with Crippen LogP contribution in [-0.2, 0) is 4.74 Å². The number of aryl methyl sites for hydroxylation is 1. The van der Waals surface area contributed by atoms with Crippen LogP contribution >= 0.6 is 0 Å². The number of rotatable bonds is 8. The first-order valence-corrected chi connectivity index (χ1v) is 7.36. The predicted octanol–water partition coefficient (Wildman–Crippen LogP) is 4.13. The van der Waals surface area contributed by atoms with Gasteiger partial charge in [0.25, 0.3) is 0 Å². The van der Waals surface area contributed by atoms with Crippen molar-refractivity contribution < 1.29 is 13.5 Å². The largest absolute Gasteiger partial charge is 0.377 e. The molecule has 0 aromatic heterocycles. The molecule has 1 aromatic rings. The summed E-state index contributed by atoms with van der Waals surface area (Å²) in [6, 6.07) is 2.95. The number of nitrogens with one attached hydrogen (secondary N) is 1. The van der Waals surface area contributed by atoms with Crippen molar-refractivity contribution in [1.82, 2.24) is 5.32 Å². The van der Waals surface area contributed by atoms with E-state index in [9.17, 15) is 8.78 Å². The molecule has 0 saturated carbocycles. The minimum absolute atomic E-state index is 0.151. The van der Waals surface area contributed by atoms with Gasteiger partial charge < -0.3 is 10.1 Å². The molecule has 0 fully saturated rings. The van der Waals surface area contributed by atoms with Crippen molar-refractivity contribution in [3.63, 3.8) is 0 Å². The van der Waals surface area contributed by atoms with Crippen molar-refractivity contribution in [2.24, 2.45) is 0 Å². The molecule has 0 spiro atoms. The van der Waals surface area contributed by atoms with Gasteiger partial charge >= 0.3 is 0 Å². The molecule has 0 heterocycles. The van der Waals surface area contributed by atoms with Crippen LogP contribution < -0.4 is 5.32 Å². The number of ether oxygens (including phenoxy) is 1. The molecule has 20 heavy (non-hydrogen) atoms. The zero-order valence-electron chi connectivity index (χ0n) is 12.8. The lowest BCUT2D eigenvalue weighted by Crippen LogP contribution is -2.35. The van der Waals surface area contributed by atoms with Gasteiger partial charge in [0.05, 0.1) is 12.1 Å². The van der Waals surface area contributed by atoms with Crippen LogP contribution in [0.15, 0.2) is 12.1 Å². The fourth-order valence-electron chi connectivity index (χ4n) is 2.41. The van der Waals surface area contributed by atoms with Crippen molar-refractivity contribution in [3.8, 4) is 0 Å². The molecular formula is C16H25F2NO. The molecule has 4 heteroatoms. The molecule has 0 aliphatic heterocycles. The quantitative estimate of drug-likeness (QED) is 0.775. The van der Waals surface area contributed by atoms with Gasteiger partial charge in [-0.1, -0.05) is 32.4 Å². The number of likely N-dealkylation sites (N-methyl/N-ethyl adjacent to an activating group) is 1. The Morgan fingerprint density at radius 3 is 2.40 bits per heavy atom. The Kier molecular flexibility index (Phi) is 7.10. The van der Waals surface area contributed by atoms with Gasteiger partial charge in [0.1, 0.15) is 0 Å². The average Bonchev–Trinajstić information content (AvgIpc) is 2.43. The molecule has 0 aliphatic rings. The Hall–Kier alpha value is -1.00. The number of hydrogen-bond donors (Lipinski definition) is 1. The van der Waals surface area contributed by atoms with Gasteiger partial charge in [-0.3, -0.25) is 0 Å². The monoisotopic (exact) mass is 285 g/mol. The number of benzene rings is 1. The Bertz CT molecular complexity index is 417. The maximum Gasteiger partial charge on any atom is 0.163 e. The highest BCUT2D eigenvalue weighted by Gasteiger charge is 2.26. The minimum atomic E-state index is -0.767. The van der Waals surface area contributed by atoms with E-state index >= 15 is 0 Å². The molecular weight excluding hydrogens is 260 g/mol. The molecule has 2 nitrogen and oxygen atoms in total. The SMILES string of the molecule is CCCC(OCC)C(NCC)c1ccc(C)c(F)c1F. The normalized spacial score (nSPS) is 14.3. The van der Waals surface area contributed by atoms with Gasteiger partial charge in [-0.15, -0.1) is 0 Å². The van der Waals surface area contributed by atoms with Crippen LogP contribution in [0.1, 0.15) is 50.8 Å². The summed E-state index contributed by atoms with van der Waals surface area (Å²) in [5.41, 5.74) is 0.673. The Morgan fingerprint density at radius 2 is 1.85 bits per heavy atom. The van der Waals surface area contributed by atoms with E-state index in [1.807, 2.05) is 13.8 Å². The standard InChI is InChI=1S/C16H25F2NO/c1-5-8-13(20-7-3)16(19-6-2)12-10-9-11(4)14(17)15(12)18/h9-10,13,16,19H,5-8H2,1-4H3. The van der Waals surface area contributed by atoms with Crippen molar-refractivity contribution in [2.75, 3.05) is 13.2 Å². The predicted molar refractivity (Wildman–Crippen MR) is 77.8 cm³/mol. The summed E-state index contributed by atoms with van der Waals surface area (Å²) < 4.78 is 33.7. The molecule has 1 N–H and O–H groups in total. The molecule has 1 rings (SSSR count). The Balaban J connectivity index is 3.14. The highest BCUT2D eigenvalue weighted by Crippen LogP contribution is 2.27. The fourth-order valence-corrected chi connectivity index (χ4v) is 2.41. The van der Waals surface area contributed by atoms with E-state index in [1.165, 1.54) is 0 Å². The number of hydrogen-bond acceptors (Lipinski definition) is 2. The minimum Gasteiger partial charge on any atom is -0.377 e. The maximum atomic E-state index is 14.2. The third-order valence-corrected chi connectivity index (χ3v) is 3.39. The second kappa shape index (κ2) is 8.32. The van der Waals surface area contributed by atoms with E-state index in [1.54, 1.807) is 19.1 Å². The van der Waals surface area contributed by atoms with Crippen molar-refractivity contribution in [1.29, 1.82) is 0 Å². The molecule has 114 valence electrons. The van der Waals surface area contributed by atoms with Gasteiger partial charge in [-0.25, -0.2) is 8.78 Å². The maximum absolute atomic E-state index is 14.2. The topological polar surface area (TPSA) is 21.3 Å². The Labute approximate surface area is 120 Å². The summed E-state index contributed by atoms with van der Waals surface area (Å²) in [6.45, 7) is 8.72. The van der Waals surface area contributed by atoms with E-state index in [-0.39, 0.29) is 12.1 Å². The molecule has 2 atom stereocenters. The first-order valence-electron chi connectivity index (χ1n) is 7.36. The highest BCUT2D eigenvalue weighted by atomic mass is 19.2. The molecule has 1 aromatic carbocycles. The third kappa shape index (κ3) is 4.00. The van der Waals surface area contributed by atoms with Gasteiger partial charge in [-0.2, -0.15) is 0 Å². The summed E-state index contributed by atoms with van der Waals surface area (Å²) in [5, 5.41) is 3.22. The van der Waals surface area contributed by atoms with Crippen molar-refractivity contribution in [2.45, 2.75) is 52.7 Å². The molecule has 0 amide bonds. The smallest absolute Gasteiger partial charge is 0.163 e. The van der Waals surface area contributed by atoms with E-state index in [2.05, 4.69) is 12.2 Å². The van der Waals surface area contributed by atoms with Crippen molar-refractivity contribution >= 4 is 0 Å². The van der Waals surface area contributed by atoms with Crippen LogP contribution in [0, 0.1) is 18.6 Å². The van der Waals surface area contributed by atoms with Crippen LogP contribution in [0.4, 0.5) is 8.78 Å². The van der Waals surface area contributed by atoms with E-state index in [4.69, 9.17) is 4.74 Å². The van der Waals surface area contributed by atoms with Crippen LogP contribution in [0.2, 0.25) is 0 Å². The molecule has 0 saturated heterocycles. The summed E-state index contributed by atoms with van der Waals surface area (Å²) in [7, 11) is 0. The van der Waals surface area contributed by atoms with Crippen molar-refractivity contribution in [3.05, 3.63) is 34.9 Å². The zero-order chi connectivity index (χ0) is 15.1. The highest BCUT2D eigenvalue weighted by molar-refractivity contribution is 5.28. The Morgan fingerprint density at radius 1 is 1.15 bits per heavy atom. The van der Waals surface area contributed by atoms with Crippen LogP contribution in [-0.4, -0.2) is 19.3 Å². The van der Waals surface area contributed by atoms with Crippen LogP contribution in [0.5, 0.6) is 0 Å². The van der Waals surface area contributed by atoms with Gasteiger partial charge in [0.2, 0.25) is 0 Å². The van der Waals surface area contributed by atoms with Crippen LogP contribution in [0.25, 0.3) is 0 Å². The molecule has 0 radical (unpaired) electrons. The third-order valence-electron chi connectivity index (χ3n) is 3.39. The molecule has 2 unspecified atom stereocenters. The average molecular weight is 285 g/mol. The molecule has 0 aliphatic carbocycles. The van der Waals surface area contributed by atoms with E-state index in [0.29, 0.717) is 24.3 Å². The summed E-state index contributed by atoms with van der Waals surface area (Å²) >= 11 is 0. The summed E-state index contributed by atoms with van der Waals surface area (Å²) in [6.07, 6.45) is 1.59. The lowest BCUT2D eigenvalue weighted by molar-refractivity contribution is 0.0269. The van der Waals surface area contributed by atoms with Crippen LogP contribution in [0.3, 0.4) is 0 Å². The summed E-state index contributed by atoms with van der Waals surface area (Å²) in [4.78, 5) is 0. The number of halogens is 2. The molecule has 0 bridgehead atoms. The second-order valence-electron chi connectivity index (χ2n) is 4.92. The zero-order valence-corrected chi connectivity index (χ0v) is 12.8. The fraction of sp³-hybridized carbons (Fsp3) is 0.625. The first-order chi connectivity index (χ1) is 9.56. The van der Waals surface area contributed by atoms with E-state index in [0.717, 1.165) is 12.8 Å². The first kappa shape index (κ1) is 17.1. The second-order valence-corrected chi connectivity index (χ2v) is 4.92. The van der Waals surface area contributed by atoms with E-state index < -0.39 is 11.6 Å². The lowest BCUT2D eigenvalue weighted by atomic mass is 9.96.